The van der Waals surface area contributed by atoms with Crippen molar-refractivity contribution in [3.8, 4) is 11.5 Å². The van der Waals surface area contributed by atoms with Gasteiger partial charge in [0.25, 0.3) is 0 Å². The molecule has 0 unspecified atom stereocenters. The van der Waals surface area contributed by atoms with Gasteiger partial charge in [0.2, 0.25) is 0 Å². The van der Waals surface area contributed by atoms with Crippen LogP contribution in [0, 0.1) is 0 Å². The van der Waals surface area contributed by atoms with E-state index < -0.39 is 0 Å². The standard InChI is InChI=1S/C29H46N4O6/c1-25-6-8-30-11-13-33-27(7-9-31-10-12-32-25)4-2-26-3-5-28-29(24-26)39-23-21-37-19-17-35-15-14-34-16-18-36-20-22-38-28/h2-5,24,30-31H,6-23H2,1H3/b4-2+,32-25?,33-27?. The summed E-state index contributed by atoms with van der Waals surface area (Å²) in [5.74, 6) is 1.36. The lowest BCUT2D eigenvalue weighted by molar-refractivity contribution is -0.00841. The van der Waals surface area contributed by atoms with Gasteiger partial charge in [0, 0.05) is 44.0 Å². The van der Waals surface area contributed by atoms with Gasteiger partial charge in [-0.2, -0.15) is 0 Å². The molecule has 10 nitrogen and oxygen atoms in total. The van der Waals surface area contributed by atoms with Crippen LogP contribution >= 0.6 is 0 Å². The Hall–Kier alpha value is -2.34. The molecule has 0 spiro atoms. The zero-order valence-corrected chi connectivity index (χ0v) is 23.5. The van der Waals surface area contributed by atoms with Crippen LogP contribution in [0.1, 0.15) is 25.3 Å². The first-order valence-electron chi connectivity index (χ1n) is 14.1. The quantitative estimate of drug-likeness (QED) is 0.583. The average Bonchev–Trinajstić information content (AvgIpc) is 2.94. The van der Waals surface area contributed by atoms with E-state index in [-0.39, 0.29) is 0 Å². The fraction of sp³-hybridized carbons (Fsp3) is 0.655. The minimum absolute atomic E-state index is 0.415. The van der Waals surface area contributed by atoms with E-state index in [1.165, 1.54) is 5.71 Å². The molecule has 3 rings (SSSR count). The molecule has 0 amide bonds. The predicted molar refractivity (Wildman–Crippen MR) is 155 cm³/mol. The van der Waals surface area contributed by atoms with Crippen molar-refractivity contribution in [2.45, 2.75) is 19.8 Å². The maximum Gasteiger partial charge on any atom is 0.161 e. The monoisotopic (exact) mass is 546 g/mol. The Morgan fingerprint density at radius 3 is 1.85 bits per heavy atom. The van der Waals surface area contributed by atoms with Gasteiger partial charge in [0.1, 0.15) is 13.2 Å². The first kappa shape index (κ1) is 31.2. The summed E-state index contributed by atoms with van der Waals surface area (Å²) in [5, 5.41) is 6.93. The number of hydrogen-bond donors (Lipinski definition) is 2. The number of allylic oxidation sites excluding steroid dienone is 1. The second-order valence-corrected chi connectivity index (χ2v) is 9.18. The number of benzene rings is 1. The highest BCUT2D eigenvalue weighted by atomic mass is 16.6. The lowest BCUT2D eigenvalue weighted by atomic mass is 10.1. The van der Waals surface area contributed by atoms with Crippen molar-refractivity contribution in [1.29, 1.82) is 0 Å². The van der Waals surface area contributed by atoms with Crippen molar-refractivity contribution in [3.63, 3.8) is 0 Å². The summed E-state index contributed by atoms with van der Waals surface area (Å²) >= 11 is 0. The van der Waals surface area contributed by atoms with Crippen LogP contribution in [0.3, 0.4) is 0 Å². The largest absolute Gasteiger partial charge is 0.487 e. The highest BCUT2D eigenvalue weighted by molar-refractivity contribution is 5.98. The molecule has 2 heterocycles. The van der Waals surface area contributed by atoms with Gasteiger partial charge in [0.15, 0.2) is 11.5 Å². The molecular formula is C29H46N4O6. The Bertz CT molecular complexity index is 893. The third-order valence-electron chi connectivity index (χ3n) is 6.02. The lowest BCUT2D eigenvalue weighted by Crippen LogP contribution is -2.24. The number of rotatable bonds is 2. The van der Waals surface area contributed by atoms with E-state index in [2.05, 4.69) is 34.7 Å². The number of nitrogens with one attached hydrogen (secondary N) is 2. The Balaban J connectivity index is 1.60. The van der Waals surface area contributed by atoms with Crippen LogP contribution in [-0.4, -0.2) is 117 Å². The fourth-order valence-corrected chi connectivity index (χ4v) is 3.87. The van der Waals surface area contributed by atoms with Gasteiger partial charge in [-0.1, -0.05) is 12.1 Å². The summed E-state index contributed by atoms with van der Waals surface area (Å²) in [4.78, 5) is 9.46. The summed E-state index contributed by atoms with van der Waals surface area (Å²) in [6.07, 6.45) is 6.01. The molecule has 0 saturated carbocycles. The minimum Gasteiger partial charge on any atom is -0.487 e. The normalized spacial score (nSPS) is 21.2. The van der Waals surface area contributed by atoms with Crippen molar-refractivity contribution in [1.82, 2.24) is 10.6 Å². The van der Waals surface area contributed by atoms with Crippen molar-refractivity contribution in [2.75, 3.05) is 105 Å². The fourth-order valence-electron chi connectivity index (χ4n) is 3.87. The highest BCUT2D eigenvalue weighted by Gasteiger charge is 2.08. The minimum atomic E-state index is 0.415. The molecule has 0 aromatic heterocycles. The number of aliphatic imine (C=N–C) groups is 2. The van der Waals surface area contributed by atoms with E-state index in [4.69, 9.17) is 33.4 Å². The molecule has 1 aromatic rings. The second-order valence-electron chi connectivity index (χ2n) is 9.18. The van der Waals surface area contributed by atoms with Crippen LogP contribution < -0.4 is 20.1 Å². The van der Waals surface area contributed by atoms with Gasteiger partial charge < -0.3 is 39.1 Å². The van der Waals surface area contributed by atoms with Gasteiger partial charge in [-0.15, -0.1) is 0 Å². The number of fused-ring (bicyclic) bond motifs is 1. The number of ether oxygens (including phenoxy) is 6. The summed E-state index contributed by atoms with van der Waals surface area (Å²) in [6, 6.07) is 5.96. The van der Waals surface area contributed by atoms with Crippen LogP contribution in [0.5, 0.6) is 11.5 Å². The number of hydrogen-bond acceptors (Lipinski definition) is 10. The maximum atomic E-state index is 6.04. The van der Waals surface area contributed by atoms with Gasteiger partial charge in [0.05, 0.1) is 65.9 Å². The Morgan fingerprint density at radius 1 is 0.615 bits per heavy atom. The van der Waals surface area contributed by atoms with Gasteiger partial charge in [-0.25, -0.2) is 0 Å². The Kier molecular flexibility index (Phi) is 16.4. The van der Waals surface area contributed by atoms with Gasteiger partial charge in [-0.05, 0) is 37.1 Å². The molecule has 0 atom stereocenters. The first-order chi connectivity index (χ1) is 19.3. The molecule has 2 N–H and O–H groups in total. The Labute approximate surface area is 233 Å². The highest BCUT2D eigenvalue weighted by Crippen LogP contribution is 2.29. The molecule has 0 radical (unpaired) electrons. The van der Waals surface area contributed by atoms with E-state index in [0.29, 0.717) is 77.6 Å². The van der Waals surface area contributed by atoms with Gasteiger partial charge >= 0.3 is 0 Å². The molecule has 218 valence electrons. The SMILES string of the molecule is CC1=NCCNCCC(/C=C/c2ccc3c(c2)OCCOCCOCCOCCOCCO3)=NCCNCC1. The van der Waals surface area contributed by atoms with Crippen LogP contribution in [-0.2, 0) is 18.9 Å². The molecule has 0 aliphatic carbocycles. The average molecular weight is 547 g/mol. The van der Waals surface area contributed by atoms with E-state index in [0.717, 1.165) is 63.4 Å². The van der Waals surface area contributed by atoms with Crippen LogP contribution in [0.25, 0.3) is 6.08 Å². The van der Waals surface area contributed by atoms with E-state index >= 15 is 0 Å². The summed E-state index contributed by atoms with van der Waals surface area (Å²) in [7, 11) is 0. The van der Waals surface area contributed by atoms with Crippen molar-refractivity contribution >= 4 is 17.5 Å². The molecule has 10 heteroatoms. The number of nitrogens with zero attached hydrogens (tertiary/aromatic N) is 2. The zero-order chi connectivity index (χ0) is 27.2. The van der Waals surface area contributed by atoms with Crippen molar-refractivity contribution in [2.24, 2.45) is 9.98 Å². The van der Waals surface area contributed by atoms with E-state index in [1.54, 1.807) is 0 Å². The molecule has 2 aliphatic rings. The molecule has 1 aromatic carbocycles. The smallest absolute Gasteiger partial charge is 0.161 e. The third-order valence-corrected chi connectivity index (χ3v) is 6.02. The molecule has 39 heavy (non-hydrogen) atoms. The topological polar surface area (TPSA) is 104 Å². The molecular weight excluding hydrogens is 500 g/mol. The lowest BCUT2D eigenvalue weighted by Gasteiger charge is -2.14. The van der Waals surface area contributed by atoms with Crippen LogP contribution in [0.4, 0.5) is 0 Å². The van der Waals surface area contributed by atoms with Crippen LogP contribution in [0.15, 0.2) is 34.3 Å². The predicted octanol–water partition coefficient (Wildman–Crippen LogP) is 2.41. The maximum absolute atomic E-state index is 6.04. The molecule has 2 aliphatic heterocycles. The van der Waals surface area contributed by atoms with Crippen molar-refractivity contribution < 1.29 is 28.4 Å². The van der Waals surface area contributed by atoms with Crippen molar-refractivity contribution in [3.05, 3.63) is 29.8 Å². The van der Waals surface area contributed by atoms with E-state index in [1.807, 2.05) is 18.2 Å². The van der Waals surface area contributed by atoms with E-state index in [9.17, 15) is 0 Å². The summed E-state index contributed by atoms with van der Waals surface area (Å²) in [6.45, 7) is 12.1. The third kappa shape index (κ3) is 14.6. The Morgan fingerprint density at radius 2 is 1.18 bits per heavy atom. The van der Waals surface area contributed by atoms with Crippen LogP contribution in [0.2, 0.25) is 0 Å². The first-order valence-corrected chi connectivity index (χ1v) is 14.1. The molecule has 0 saturated heterocycles. The summed E-state index contributed by atoms with van der Waals surface area (Å²) < 4.78 is 34.2. The molecule has 0 bridgehead atoms. The second kappa shape index (κ2) is 20.5. The zero-order valence-electron chi connectivity index (χ0n) is 23.5. The molecule has 0 fully saturated rings. The van der Waals surface area contributed by atoms with Gasteiger partial charge in [-0.3, -0.25) is 9.98 Å². The summed E-state index contributed by atoms with van der Waals surface area (Å²) in [5.41, 5.74) is 3.28.